The topological polar surface area (TPSA) is 49.4 Å². The van der Waals surface area contributed by atoms with E-state index in [1.807, 2.05) is 24.3 Å². The van der Waals surface area contributed by atoms with Crippen molar-refractivity contribution in [3.05, 3.63) is 65.5 Å². The van der Waals surface area contributed by atoms with Crippen LogP contribution in [0.3, 0.4) is 0 Å². The SMILES string of the molecule is CC(C)(C(=O)NCc1ccc(F)cc1)C(=O)N1CCc2ccccc21. The molecule has 0 fully saturated rings. The van der Waals surface area contributed by atoms with Gasteiger partial charge in [0.15, 0.2) is 0 Å². The van der Waals surface area contributed by atoms with Crippen molar-refractivity contribution >= 4 is 17.5 Å². The Bertz CT molecular complexity index is 800. The van der Waals surface area contributed by atoms with Crippen molar-refractivity contribution in [3.8, 4) is 0 Å². The third-order valence-corrected chi connectivity index (χ3v) is 4.60. The van der Waals surface area contributed by atoms with Crippen LogP contribution in [0.4, 0.5) is 10.1 Å². The first kappa shape index (κ1) is 17.1. The Morgan fingerprint density at radius 3 is 2.52 bits per heavy atom. The summed E-state index contributed by atoms with van der Waals surface area (Å²) in [5.74, 6) is -0.876. The average molecular weight is 340 g/mol. The summed E-state index contributed by atoms with van der Waals surface area (Å²) in [5.41, 5.74) is 1.60. The fourth-order valence-electron chi connectivity index (χ4n) is 2.99. The predicted octanol–water partition coefficient (Wildman–Crippen LogP) is 3.06. The number of carbonyl (C=O) groups is 2. The Labute approximate surface area is 146 Å². The van der Waals surface area contributed by atoms with Gasteiger partial charge in [0.2, 0.25) is 11.8 Å². The van der Waals surface area contributed by atoms with Gasteiger partial charge in [-0.15, -0.1) is 0 Å². The van der Waals surface area contributed by atoms with Crippen LogP contribution in [0.15, 0.2) is 48.5 Å². The van der Waals surface area contributed by atoms with E-state index >= 15 is 0 Å². The number of hydrogen-bond acceptors (Lipinski definition) is 2. The molecule has 3 rings (SSSR count). The zero-order valence-electron chi connectivity index (χ0n) is 14.4. The number of fused-ring (bicyclic) bond motifs is 1. The number of anilines is 1. The van der Waals surface area contributed by atoms with Crippen LogP contribution in [0.5, 0.6) is 0 Å². The first-order valence-electron chi connectivity index (χ1n) is 8.32. The number of hydrogen-bond donors (Lipinski definition) is 1. The molecule has 0 aromatic heterocycles. The lowest BCUT2D eigenvalue weighted by Crippen LogP contribution is -2.49. The third-order valence-electron chi connectivity index (χ3n) is 4.60. The van der Waals surface area contributed by atoms with E-state index in [2.05, 4.69) is 5.32 Å². The van der Waals surface area contributed by atoms with E-state index in [9.17, 15) is 14.0 Å². The van der Waals surface area contributed by atoms with Gasteiger partial charge in [-0.2, -0.15) is 0 Å². The molecule has 1 aliphatic heterocycles. The van der Waals surface area contributed by atoms with Gasteiger partial charge in [0.05, 0.1) is 0 Å². The summed E-state index contributed by atoms with van der Waals surface area (Å²) >= 11 is 0. The molecule has 0 aliphatic carbocycles. The molecule has 1 heterocycles. The van der Waals surface area contributed by atoms with Crippen LogP contribution in [-0.4, -0.2) is 18.4 Å². The second kappa shape index (κ2) is 6.67. The summed E-state index contributed by atoms with van der Waals surface area (Å²) in [6, 6.07) is 13.7. The number of amides is 2. The molecule has 0 radical (unpaired) electrons. The highest BCUT2D eigenvalue weighted by molar-refractivity contribution is 6.11. The molecule has 1 aliphatic rings. The lowest BCUT2D eigenvalue weighted by Gasteiger charge is -2.28. The molecular weight excluding hydrogens is 319 g/mol. The summed E-state index contributed by atoms with van der Waals surface area (Å²) < 4.78 is 12.9. The summed E-state index contributed by atoms with van der Waals surface area (Å²) in [5, 5.41) is 2.78. The third kappa shape index (κ3) is 3.40. The van der Waals surface area contributed by atoms with Crippen LogP contribution in [0.1, 0.15) is 25.0 Å². The summed E-state index contributed by atoms with van der Waals surface area (Å²) in [6.07, 6.45) is 0.801. The molecule has 25 heavy (non-hydrogen) atoms. The second-order valence-corrected chi connectivity index (χ2v) is 6.77. The molecule has 4 nitrogen and oxygen atoms in total. The first-order chi connectivity index (χ1) is 11.9. The number of benzene rings is 2. The fraction of sp³-hybridized carbons (Fsp3) is 0.300. The molecule has 0 saturated heterocycles. The maximum atomic E-state index is 12.9. The maximum absolute atomic E-state index is 12.9. The molecule has 130 valence electrons. The molecule has 2 amide bonds. The Morgan fingerprint density at radius 1 is 1.12 bits per heavy atom. The molecule has 1 N–H and O–H groups in total. The van der Waals surface area contributed by atoms with Gasteiger partial charge in [-0.25, -0.2) is 4.39 Å². The molecule has 2 aromatic rings. The molecule has 2 aromatic carbocycles. The Kier molecular flexibility index (Phi) is 4.57. The Balaban J connectivity index is 1.69. The van der Waals surface area contributed by atoms with Crippen LogP contribution < -0.4 is 10.2 Å². The summed E-state index contributed by atoms with van der Waals surface area (Å²) in [6.45, 7) is 4.12. The van der Waals surface area contributed by atoms with E-state index in [1.54, 1.807) is 30.9 Å². The number of para-hydroxylation sites is 1. The molecular formula is C20H21FN2O2. The maximum Gasteiger partial charge on any atom is 0.242 e. The Hall–Kier alpha value is -2.69. The molecule has 0 atom stereocenters. The van der Waals surface area contributed by atoms with Crippen LogP contribution in [-0.2, 0) is 22.6 Å². The zero-order chi connectivity index (χ0) is 18.0. The van der Waals surface area contributed by atoms with Crippen molar-refractivity contribution in [2.45, 2.75) is 26.8 Å². The van der Waals surface area contributed by atoms with Crippen molar-refractivity contribution < 1.29 is 14.0 Å². The number of carbonyl (C=O) groups excluding carboxylic acids is 2. The van der Waals surface area contributed by atoms with Gasteiger partial charge in [0, 0.05) is 18.8 Å². The second-order valence-electron chi connectivity index (χ2n) is 6.77. The van der Waals surface area contributed by atoms with Crippen molar-refractivity contribution in [3.63, 3.8) is 0 Å². The van der Waals surface area contributed by atoms with E-state index in [4.69, 9.17) is 0 Å². The van der Waals surface area contributed by atoms with Crippen molar-refractivity contribution in [2.24, 2.45) is 5.41 Å². The van der Waals surface area contributed by atoms with Crippen LogP contribution in [0, 0.1) is 11.2 Å². The minimum Gasteiger partial charge on any atom is -0.351 e. The van der Waals surface area contributed by atoms with Gasteiger partial charge in [-0.1, -0.05) is 30.3 Å². The van der Waals surface area contributed by atoms with Gasteiger partial charge >= 0.3 is 0 Å². The minimum atomic E-state index is -1.18. The van der Waals surface area contributed by atoms with E-state index in [0.29, 0.717) is 6.54 Å². The van der Waals surface area contributed by atoms with Crippen molar-refractivity contribution in [1.29, 1.82) is 0 Å². The standard InChI is InChI=1S/C20H21FN2O2/c1-20(2,18(24)22-13-14-7-9-16(21)10-8-14)19(25)23-12-11-15-5-3-4-6-17(15)23/h3-10H,11-13H2,1-2H3,(H,22,24). The van der Waals surface area contributed by atoms with E-state index in [-0.39, 0.29) is 24.2 Å². The summed E-state index contributed by atoms with van der Waals surface area (Å²) in [4.78, 5) is 27.2. The van der Waals surface area contributed by atoms with Gasteiger partial charge in [-0.3, -0.25) is 9.59 Å². The monoisotopic (exact) mass is 340 g/mol. The largest absolute Gasteiger partial charge is 0.351 e. The fourth-order valence-corrected chi connectivity index (χ4v) is 2.99. The van der Waals surface area contributed by atoms with Crippen molar-refractivity contribution in [2.75, 3.05) is 11.4 Å². The van der Waals surface area contributed by atoms with Crippen LogP contribution in [0.25, 0.3) is 0 Å². The highest BCUT2D eigenvalue weighted by atomic mass is 19.1. The van der Waals surface area contributed by atoms with Gasteiger partial charge in [0.1, 0.15) is 11.2 Å². The highest BCUT2D eigenvalue weighted by Gasteiger charge is 2.41. The van der Waals surface area contributed by atoms with E-state index in [0.717, 1.165) is 23.2 Å². The lowest BCUT2D eigenvalue weighted by atomic mass is 9.90. The lowest BCUT2D eigenvalue weighted by molar-refractivity contribution is -0.139. The number of rotatable bonds is 4. The molecule has 0 spiro atoms. The zero-order valence-corrected chi connectivity index (χ0v) is 14.4. The number of halogens is 1. The first-order valence-corrected chi connectivity index (χ1v) is 8.32. The number of nitrogens with one attached hydrogen (secondary N) is 1. The van der Waals surface area contributed by atoms with Gasteiger partial charge in [-0.05, 0) is 49.6 Å². The summed E-state index contributed by atoms with van der Waals surface area (Å²) in [7, 11) is 0. The van der Waals surface area contributed by atoms with E-state index in [1.165, 1.54) is 12.1 Å². The smallest absolute Gasteiger partial charge is 0.242 e. The van der Waals surface area contributed by atoms with Crippen molar-refractivity contribution in [1.82, 2.24) is 5.32 Å². The van der Waals surface area contributed by atoms with E-state index < -0.39 is 5.41 Å². The molecule has 0 unspecified atom stereocenters. The molecule has 0 bridgehead atoms. The molecule has 5 heteroatoms. The average Bonchev–Trinajstić information content (AvgIpc) is 3.04. The Morgan fingerprint density at radius 2 is 1.80 bits per heavy atom. The predicted molar refractivity (Wildman–Crippen MR) is 94.5 cm³/mol. The molecule has 0 saturated carbocycles. The quantitative estimate of drug-likeness (QED) is 0.870. The van der Waals surface area contributed by atoms with Crippen LogP contribution in [0.2, 0.25) is 0 Å². The normalized spacial score (nSPS) is 13.5. The van der Waals surface area contributed by atoms with Gasteiger partial charge < -0.3 is 10.2 Å². The highest BCUT2D eigenvalue weighted by Crippen LogP contribution is 2.31. The minimum absolute atomic E-state index is 0.214. The van der Waals surface area contributed by atoms with Gasteiger partial charge in [0.25, 0.3) is 0 Å². The van der Waals surface area contributed by atoms with Crippen LogP contribution >= 0.6 is 0 Å². The number of nitrogens with zero attached hydrogens (tertiary/aromatic N) is 1.